The van der Waals surface area contributed by atoms with Crippen LogP contribution in [0.1, 0.15) is 24.0 Å². The first-order valence-electron chi connectivity index (χ1n) is 8.88. The topological polar surface area (TPSA) is 47.2 Å². The molecule has 4 rings (SSSR count). The molecule has 1 aromatic heterocycles. The molecule has 0 saturated carbocycles. The molecule has 2 aromatic carbocycles. The average molecular weight is 352 g/mol. The van der Waals surface area contributed by atoms with E-state index in [9.17, 15) is 14.3 Å². The lowest BCUT2D eigenvalue weighted by molar-refractivity contribution is 0.305. The van der Waals surface area contributed by atoms with E-state index < -0.39 is 0 Å². The van der Waals surface area contributed by atoms with Gasteiger partial charge >= 0.3 is 0 Å². The second-order valence-electron chi connectivity index (χ2n) is 6.89. The second kappa shape index (κ2) is 6.16. The third-order valence-corrected chi connectivity index (χ3v) is 5.28. The van der Waals surface area contributed by atoms with Crippen molar-refractivity contribution in [2.75, 3.05) is 0 Å². The number of halogens is 1. The Labute approximate surface area is 151 Å². The van der Waals surface area contributed by atoms with E-state index in [1.807, 2.05) is 26.0 Å². The number of nitrogens with zero attached hydrogens (tertiary/aromatic N) is 2. The van der Waals surface area contributed by atoms with Gasteiger partial charge in [0, 0.05) is 13.1 Å². The van der Waals surface area contributed by atoms with Gasteiger partial charge in [-0.15, -0.1) is 0 Å². The fourth-order valence-electron chi connectivity index (χ4n) is 3.94. The molecule has 134 valence electrons. The summed E-state index contributed by atoms with van der Waals surface area (Å²) in [6.07, 6.45) is 1.89. The van der Waals surface area contributed by atoms with Gasteiger partial charge in [-0.1, -0.05) is 24.3 Å². The normalized spacial score (nSPS) is 13.7. The van der Waals surface area contributed by atoms with E-state index in [1.165, 1.54) is 12.1 Å². The van der Waals surface area contributed by atoms with E-state index >= 15 is 0 Å². The first-order chi connectivity index (χ1) is 12.5. The number of aryl methyl sites for hydroxylation is 1. The van der Waals surface area contributed by atoms with Gasteiger partial charge in [-0.25, -0.2) is 9.07 Å². The van der Waals surface area contributed by atoms with E-state index in [4.69, 9.17) is 0 Å². The second-order valence-corrected chi connectivity index (χ2v) is 6.89. The molecule has 0 bridgehead atoms. The first kappa shape index (κ1) is 16.6. The largest absolute Gasteiger partial charge is 0.493 e. The van der Waals surface area contributed by atoms with Crippen LogP contribution in [-0.2, 0) is 13.1 Å². The van der Waals surface area contributed by atoms with Crippen LogP contribution in [-0.4, -0.2) is 14.5 Å². The highest BCUT2D eigenvalue weighted by molar-refractivity contribution is 5.82. The van der Waals surface area contributed by atoms with E-state index in [-0.39, 0.29) is 17.3 Å². The van der Waals surface area contributed by atoms with Gasteiger partial charge in [-0.3, -0.25) is 9.48 Å². The summed E-state index contributed by atoms with van der Waals surface area (Å²) in [5.74, 6) is -0.244. The molecular formula is C21H21FN2O2. The van der Waals surface area contributed by atoms with Gasteiger partial charge in [0.15, 0.2) is 0 Å². The molecular weight excluding hydrogens is 331 g/mol. The summed E-state index contributed by atoms with van der Waals surface area (Å²) in [5, 5.41) is 10.7. The molecule has 3 aromatic rings. The number of fused-ring (bicyclic) bond motifs is 1. The van der Waals surface area contributed by atoms with Crippen LogP contribution < -0.4 is 5.56 Å². The van der Waals surface area contributed by atoms with Crippen molar-refractivity contribution >= 4 is 0 Å². The van der Waals surface area contributed by atoms with Crippen molar-refractivity contribution in [1.82, 2.24) is 9.36 Å². The molecule has 0 fully saturated rings. The van der Waals surface area contributed by atoms with Gasteiger partial charge in [0.05, 0.1) is 0 Å². The summed E-state index contributed by atoms with van der Waals surface area (Å²) in [6.45, 7) is 5.16. The molecule has 26 heavy (non-hydrogen) atoms. The van der Waals surface area contributed by atoms with Crippen LogP contribution in [0.2, 0.25) is 0 Å². The fourth-order valence-corrected chi connectivity index (χ4v) is 3.94. The molecule has 2 heterocycles. The predicted octanol–water partition coefficient (Wildman–Crippen LogP) is 4.24. The van der Waals surface area contributed by atoms with Gasteiger partial charge in [0.25, 0.3) is 5.56 Å². The van der Waals surface area contributed by atoms with Crippen LogP contribution in [0.3, 0.4) is 0 Å². The van der Waals surface area contributed by atoms with Crippen LogP contribution in [0.5, 0.6) is 5.88 Å². The minimum atomic E-state index is -0.283. The van der Waals surface area contributed by atoms with Crippen molar-refractivity contribution in [3.8, 4) is 28.1 Å². The maximum absolute atomic E-state index is 13.3. The third kappa shape index (κ3) is 2.46. The highest BCUT2D eigenvalue weighted by Gasteiger charge is 2.25. The van der Waals surface area contributed by atoms with E-state index in [1.54, 1.807) is 21.5 Å². The van der Waals surface area contributed by atoms with Gasteiger partial charge in [0.2, 0.25) is 5.88 Å². The lowest BCUT2D eigenvalue weighted by atomic mass is 9.90. The number of rotatable bonds is 2. The number of aromatic nitrogens is 2. The van der Waals surface area contributed by atoms with Crippen LogP contribution in [0, 0.1) is 19.7 Å². The smallest absolute Gasteiger partial charge is 0.278 e. The zero-order valence-corrected chi connectivity index (χ0v) is 14.9. The molecule has 1 aliphatic rings. The standard InChI is InChI=1S/C21H21FN2O2/c1-13-5-10-17(15-6-8-16(22)9-7-15)14(2)18(13)19-20(25)23-11-3-4-12-24(23)21(19)26/h5-10,25H,3-4,11-12H2,1-2H3. The minimum Gasteiger partial charge on any atom is -0.493 e. The Balaban J connectivity index is 1.96. The SMILES string of the molecule is Cc1ccc(-c2ccc(F)cc2)c(C)c1-c1c(O)n2n(c1=O)CCCC2. The number of hydrogen-bond donors (Lipinski definition) is 1. The Hall–Kier alpha value is -2.82. The monoisotopic (exact) mass is 352 g/mol. The van der Waals surface area contributed by atoms with Crippen molar-refractivity contribution < 1.29 is 9.50 Å². The van der Waals surface area contributed by atoms with Gasteiger partial charge in [-0.2, -0.15) is 0 Å². The summed E-state index contributed by atoms with van der Waals surface area (Å²) in [5.41, 5.74) is 4.64. The summed E-state index contributed by atoms with van der Waals surface area (Å²) < 4.78 is 16.6. The average Bonchev–Trinajstić information content (AvgIpc) is 2.89. The molecule has 1 aliphatic heterocycles. The summed E-state index contributed by atoms with van der Waals surface area (Å²) >= 11 is 0. The molecule has 1 N–H and O–H groups in total. The van der Waals surface area contributed by atoms with Crippen molar-refractivity contribution in [1.29, 1.82) is 0 Å². The minimum absolute atomic E-state index is 0.0390. The zero-order valence-electron chi connectivity index (χ0n) is 14.9. The Morgan fingerprint density at radius 3 is 2.23 bits per heavy atom. The van der Waals surface area contributed by atoms with Crippen LogP contribution in [0.4, 0.5) is 4.39 Å². The van der Waals surface area contributed by atoms with Crippen LogP contribution in [0.15, 0.2) is 41.2 Å². The summed E-state index contributed by atoms with van der Waals surface area (Å²) in [7, 11) is 0. The van der Waals surface area contributed by atoms with Crippen molar-refractivity contribution in [3.63, 3.8) is 0 Å². The summed E-state index contributed by atoms with van der Waals surface area (Å²) in [6, 6.07) is 10.2. The molecule has 5 heteroatoms. The van der Waals surface area contributed by atoms with Crippen molar-refractivity contribution in [2.24, 2.45) is 0 Å². The maximum atomic E-state index is 13.3. The number of benzene rings is 2. The number of hydrogen-bond acceptors (Lipinski definition) is 2. The maximum Gasteiger partial charge on any atom is 0.278 e. The third-order valence-electron chi connectivity index (χ3n) is 5.28. The van der Waals surface area contributed by atoms with Crippen LogP contribution in [0.25, 0.3) is 22.3 Å². The Morgan fingerprint density at radius 2 is 1.58 bits per heavy atom. The Kier molecular flexibility index (Phi) is 3.94. The highest BCUT2D eigenvalue weighted by Crippen LogP contribution is 2.37. The Bertz CT molecular complexity index is 1050. The molecule has 0 aliphatic carbocycles. The summed E-state index contributed by atoms with van der Waals surface area (Å²) in [4.78, 5) is 13.0. The van der Waals surface area contributed by atoms with E-state index in [0.29, 0.717) is 18.7 Å². The van der Waals surface area contributed by atoms with Gasteiger partial charge in [-0.05, 0) is 66.6 Å². The zero-order chi connectivity index (χ0) is 18.4. The first-order valence-corrected chi connectivity index (χ1v) is 8.88. The van der Waals surface area contributed by atoms with Crippen molar-refractivity contribution in [2.45, 2.75) is 39.8 Å². The lowest BCUT2D eigenvalue weighted by Gasteiger charge is -2.17. The molecule has 0 radical (unpaired) electrons. The highest BCUT2D eigenvalue weighted by atomic mass is 19.1. The van der Waals surface area contributed by atoms with Gasteiger partial charge < -0.3 is 5.11 Å². The lowest BCUT2D eigenvalue weighted by Crippen LogP contribution is -2.27. The van der Waals surface area contributed by atoms with E-state index in [0.717, 1.165) is 40.7 Å². The van der Waals surface area contributed by atoms with E-state index in [2.05, 4.69) is 0 Å². The fraction of sp³-hybridized carbons (Fsp3) is 0.286. The van der Waals surface area contributed by atoms with Crippen molar-refractivity contribution in [3.05, 3.63) is 63.7 Å². The molecule has 0 spiro atoms. The predicted molar refractivity (Wildman–Crippen MR) is 99.9 cm³/mol. The molecule has 0 atom stereocenters. The molecule has 0 amide bonds. The Morgan fingerprint density at radius 1 is 0.923 bits per heavy atom. The molecule has 4 nitrogen and oxygen atoms in total. The number of aromatic hydroxyl groups is 1. The molecule has 0 unspecified atom stereocenters. The molecule has 0 saturated heterocycles. The quantitative estimate of drug-likeness (QED) is 0.750. The van der Waals surface area contributed by atoms with Crippen LogP contribution >= 0.6 is 0 Å². The van der Waals surface area contributed by atoms with Gasteiger partial charge in [0.1, 0.15) is 11.4 Å².